The predicted molar refractivity (Wildman–Crippen MR) is 74.7 cm³/mol. The predicted octanol–water partition coefficient (Wildman–Crippen LogP) is 0.761. The molecule has 0 saturated carbocycles. The van der Waals surface area contributed by atoms with Gasteiger partial charge >= 0.3 is 5.97 Å². The summed E-state index contributed by atoms with van der Waals surface area (Å²) < 4.78 is 26.1. The van der Waals surface area contributed by atoms with Crippen molar-refractivity contribution >= 4 is 16.0 Å². The summed E-state index contributed by atoms with van der Waals surface area (Å²) in [6.07, 6.45) is 3.38. The Morgan fingerprint density at radius 3 is 2.60 bits per heavy atom. The molecule has 0 fully saturated rings. The van der Waals surface area contributed by atoms with Gasteiger partial charge in [0.2, 0.25) is 10.0 Å². The summed E-state index contributed by atoms with van der Waals surface area (Å²) in [5.41, 5.74) is 0.438. The first-order chi connectivity index (χ1) is 9.09. The van der Waals surface area contributed by atoms with Gasteiger partial charge in [0.15, 0.2) is 0 Å². The zero-order valence-electron chi connectivity index (χ0n) is 11.9. The zero-order valence-corrected chi connectivity index (χ0v) is 12.7. The van der Waals surface area contributed by atoms with Crippen LogP contribution in [0.15, 0.2) is 12.5 Å². The molecule has 0 aliphatic heterocycles. The highest BCUT2D eigenvalue weighted by molar-refractivity contribution is 7.89. The number of carboxylic acids is 1. The summed E-state index contributed by atoms with van der Waals surface area (Å²) in [4.78, 5) is 17.7. The number of hydrogen-bond donors (Lipinski definition) is 3. The van der Waals surface area contributed by atoms with E-state index in [0.29, 0.717) is 12.1 Å². The summed E-state index contributed by atoms with van der Waals surface area (Å²) in [5.74, 6) is -1.30. The van der Waals surface area contributed by atoms with Crippen LogP contribution in [0.4, 0.5) is 0 Å². The standard InChI is InChI=1S/C12H21N3O4S/c1-12(2,3)4-5-20(18,19)15-10(11(16)17)6-9-7-13-8-14-9/h7-8,10,15H,4-6H2,1-3H3,(H,13,14)(H,16,17). The minimum Gasteiger partial charge on any atom is -0.480 e. The molecule has 1 unspecified atom stereocenters. The molecule has 7 nitrogen and oxygen atoms in total. The smallest absolute Gasteiger partial charge is 0.322 e. The van der Waals surface area contributed by atoms with E-state index in [9.17, 15) is 13.2 Å². The maximum atomic E-state index is 11.9. The number of carboxylic acid groups (broad SMARTS) is 1. The minimum atomic E-state index is -3.63. The Morgan fingerprint density at radius 1 is 1.50 bits per heavy atom. The molecule has 0 spiro atoms. The summed E-state index contributed by atoms with van der Waals surface area (Å²) in [5, 5.41) is 9.10. The highest BCUT2D eigenvalue weighted by Crippen LogP contribution is 2.19. The Bertz CT molecular complexity index is 532. The van der Waals surface area contributed by atoms with Crippen LogP contribution in [-0.2, 0) is 21.2 Å². The van der Waals surface area contributed by atoms with Gasteiger partial charge in [-0.05, 0) is 11.8 Å². The van der Waals surface area contributed by atoms with Crippen molar-refractivity contribution in [1.29, 1.82) is 0 Å². The SMILES string of the molecule is CC(C)(C)CCS(=O)(=O)NC(Cc1cnc[nH]1)C(=O)O. The van der Waals surface area contributed by atoms with E-state index in [4.69, 9.17) is 5.11 Å². The summed E-state index contributed by atoms with van der Waals surface area (Å²) in [6.45, 7) is 5.80. The van der Waals surface area contributed by atoms with Crippen LogP contribution in [0.2, 0.25) is 0 Å². The van der Waals surface area contributed by atoms with Crippen molar-refractivity contribution in [3.05, 3.63) is 18.2 Å². The second-order valence-electron chi connectivity index (χ2n) is 5.92. The lowest BCUT2D eigenvalue weighted by molar-refractivity contribution is -0.138. The van der Waals surface area contributed by atoms with Crippen LogP contribution in [-0.4, -0.2) is 41.3 Å². The highest BCUT2D eigenvalue weighted by atomic mass is 32.2. The number of rotatable bonds is 7. The second-order valence-corrected chi connectivity index (χ2v) is 7.79. The number of imidazole rings is 1. The number of H-pyrrole nitrogens is 1. The van der Waals surface area contributed by atoms with E-state index in [-0.39, 0.29) is 17.6 Å². The molecule has 1 aromatic heterocycles. The highest BCUT2D eigenvalue weighted by Gasteiger charge is 2.26. The molecule has 20 heavy (non-hydrogen) atoms. The van der Waals surface area contributed by atoms with Crippen LogP contribution < -0.4 is 4.72 Å². The van der Waals surface area contributed by atoms with Gasteiger partial charge in [-0.3, -0.25) is 4.79 Å². The molecule has 0 saturated heterocycles. The summed E-state index contributed by atoms with van der Waals surface area (Å²) in [7, 11) is -3.63. The van der Waals surface area contributed by atoms with Gasteiger partial charge in [-0.15, -0.1) is 0 Å². The molecule has 0 aliphatic rings. The fourth-order valence-corrected chi connectivity index (χ4v) is 3.13. The number of nitrogens with zero attached hydrogens (tertiary/aromatic N) is 1. The number of nitrogens with one attached hydrogen (secondary N) is 2. The molecule has 3 N–H and O–H groups in total. The maximum absolute atomic E-state index is 11.9. The van der Waals surface area contributed by atoms with E-state index in [1.54, 1.807) is 0 Å². The molecule has 1 aromatic rings. The van der Waals surface area contributed by atoms with Crippen molar-refractivity contribution in [2.24, 2.45) is 5.41 Å². The van der Waals surface area contributed by atoms with Gasteiger partial charge in [-0.2, -0.15) is 0 Å². The fourth-order valence-electron chi connectivity index (χ4n) is 1.51. The number of sulfonamides is 1. The normalized spacial score (nSPS) is 14.2. The first-order valence-corrected chi connectivity index (χ1v) is 7.94. The van der Waals surface area contributed by atoms with Crippen molar-refractivity contribution in [3.63, 3.8) is 0 Å². The molecule has 0 amide bonds. The van der Waals surface area contributed by atoms with Crippen molar-refractivity contribution in [2.75, 3.05) is 5.75 Å². The zero-order chi connectivity index (χ0) is 15.4. The Balaban J connectivity index is 2.67. The molecule has 0 aromatic carbocycles. The van der Waals surface area contributed by atoms with E-state index < -0.39 is 22.0 Å². The summed E-state index contributed by atoms with van der Waals surface area (Å²) in [6, 6.07) is -1.19. The first kappa shape index (κ1) is 16.6. The topological polar surface area (TPSA) is 112 Å². The van der Waals surface area contributed by atoms with Crippen LogP contribution in [0, 0.1) is 5.41 Å². The van der Waals surface area contributed by atoms with Gasteiger partial charge < -0.3 is 10.1 Å². The number of aromatic amines is 1. The molecular weight excluding hydrogens is 282 g/mol. The molecule has 1 heterocycles. The van der Waals surface area contributed by atoms with Crippen LogP contribution in [0.5, 0.6) is 0 Å². The molecule has 0 aliphatic carbocycles. The quantitative estimate of drug-likeness (QED) is 0.688. The average molecular weight is 303 g/mol. The molecule has 1 atom stereocenters. The third-order valence-electron chi connectivity index (χ3n) is 2.72. The van der Waals surface area contributed by atoms with Crippen LogP contribution >= 0.6 is 0 Å². The monoisotopic (exact) mass is 303 g/mol. The van der Waals surface area contributed by atoms with Gasteiger partial charge in [0.1, 0.15) is 6.04 Å². The number of carbonyl (C=O) groups is 1. The van der Waals surface area contributed by atoms with Crippen molar-refractivity contribution in [1.82, 2.24) is 14.7 Å². The summed E-state index contributed by atoms with van der Waals surface area (Å²) >= 11 is 0. The second kappa shape index (κ2) is 6.36. The molecule has 1 rings (SSSR count). The Kier molecular flexibility index (Phi) is 5.29. The largest absolute Gasteiger partial charge is 0.480 e. The molecule has 114 valence electrons. The van der Waals surface area contributed by atoms with Crippen molar-refractivity contribution in [3.8, 4) is 0 Å². The number of aliphatic carboxylic acids is 1. The van der Waals surface area contributed by atoms with Crippen LogP contribution in [0.3, 0.4) is 0 Å². The number of aromatic nitrogens is 2. The lowest BCUT2D eigenvalue weighted by Crippen LogP contribution is -2.43. The maximum Gasteiger partial charge on any atom is 0.322 e. The van der Waals surface area contributed by atoms with E-state index in [1.165, 1.54) is 12.5 Å². The molecule has 8 heteroatoms. The van der Waals surface area contributed by atoms with E-state index >= 15 is 0 Å². The lowest BCUT2D eigenvalue weighted by Gasteiger charge is -2.19. The Hall–Kier alpha value is -1.41. The first-order valence-electron chi connectivity index (χ1n) is 6.29. The van der Waals surface area contributed by atoms with E-state index in [1.807, 2.05) is 20.8 Å². The Labute approximate surface area is 118 Å². The van der Waals surface area contributed by atoms with E-state index in [2.05, 4.69) is 14.7 Å². The van der Waals surface area contributed by atoms with Gasteiger partial charge in [0.05, 0.1) is 12.1 Å². The Morgan fingerprint density at radius 2 is 2.15 bits per heavy atom. The molecule has 0 bridgehead atoms. The van der Waals surface area contributed by atoms with Crippen LogP contribution in [0.25, 0.3) is 0 Å². The third kappa shape index (κ3) is 6.16. The lowest BCUT2D eigenvalue weighted by atomic mass is 9.94. The molecular formula is C12H21N3O4S. The van der Waals surface area contributed by atoms with Gasteiger partial charge in [0.25, 0.3) is 0 Å². The number of hydrogen-bond acceptors (Lipinski definition) is 4. The molecule has 0 radical (unpaired) electrons. The average Bonchev–Trinajstić information content (AvgIpc) is 2.77. The van der Waals surface area contributed by atoms with Crippen molar-refractivity contribution < 1.29 is 18.3 Å². The van der Waals surface area contributed by atoms with Gasteiger partial charge in [-0.25, -0.2) is 18.1 Å². The van der Waals surface area contributed by atoms with Gasteiger partial charge in [-0.1, -0.05) is 20.8 Å². The van der Waals surface area contributed by atoms with Crippen LogP contribution in [0.1, 0.15) is 32.9 Å². The van der Waals surface area contributed by atoms with E-state index in [0.717, 1.165) is 0 Å². The third-order valence-corrected chi connectivity index (χ3v) is 4.10. The fraction of sp³-hybridized carbons (Fsp3) is 0.667. The van der Waals surface area contributed by atoms with Gasteiger partial charge in [0, 0.05) is 18.3 Å². The minimum absolute atomic E-state index is 0.0318. The van der Waals surface area contributed by atoms with Crippen molar-refractivity contribution in [2.45, 2.75) is 39.7 Å².